The van der Waals surface area contributed by atoms with E-state index in [0.29, 0.717) is 32.1 Å². The lowest BCUT2D eigenvalue weighted by Crippen LogP contribution is -2.74. The topological polar surface area (TPSA) is 115 Å². The molecule has 204 valence electrons. The summed E-state index contributed by atoms with van der Waals surface area (Å²) in [5.41, 5.74) is -2.80. The first kappa shape index (κ1) is 26.6. The van der Waals surface area contributed by atoms with Crippen LogP contribution < -0.4 is 0 Å². The molecule has 0 heterocycles. The molecule has 5 aliphatic carbocycles. The third-order valence-electron chi connectivity index (χ3n) is 13.4. The summed E-state index contributed by atoms with van der Waals surface area (Å²) in [7, 11) is 0. The number of carboxylic acids is 1. The summed E-state index contributed by atoms with van der Waals surface area (Å²) in [4.78, 5) is 27.2. The summed E-state index contributed by atoms with van der Waals surface area (Å²) < 4.78 is 0. The first-order valence-electron chi connectivity index (χ1n) is 14.2. The van der Waals surface area contributed by atoms with Crippen molar-refractivity contribution in [1.82, 2.24) is 0 Å². The highest BCUT2D eigenvalue weighted by Crippen LogP contribution is 2.76. The van der Waals surface area contributed by atoms with Gasteiger partial charge in [-0.25, -0.2) is 0 Å². The van der Waals surface area contributed by atoms with Gasteiger partial charge in [0.05, 0.1) is 17.6 Å². The summed E-state index contributed by atoms with van der Waals surface area (Å²) in [5.74, 6) is -1.93. The molecule has 5 rings (SSSR count). The van der Waals surface area contributed by atoms with E-state index < -0.39 is 51.9 Å². The minimum Gasteiger partial charge on any atom is -0.481 e. The molecule has 5 aliphatic rings. The quantitative estimate of drug-likeness (QED) is 0.420. The average Bonchev–Trinajstić information content (AvgIpc) is 2.75. The maximum atomic E-state index is 14.4. The number of carbonyl (C=O) groups excluding carboxylic acids is 1. The number of aliphatic hydroxyl groups is 3. The van der Waals surface area contributed by atoms with Crippen molar-refractivity contribution in [3.63, 3.8) is 0 Å². The predicted molar refractivity (Wildman–Crippen MR) is 136 cm³/mol. The van der Waals surface area contributed by atoms with Crippen LogP contribution in [-0.4, -0.2) is 50.5 Å². The summed E-state index contributed by atoms with van der Waals surface area (Å²) >= 11 is 0. The van der Waals surface area contributed by atoms with Crippen molar-refractivity contribution in [1.29, 1.82) is 0 Å². The molecule has 0 aliphatic heterocycles. The van der Waals surface area contributed by atoms with Crippen LogP contribution in [0.2, 0.25) is 0 Å². The molecule has 0 saturated heterocycles. The van der Waals surface area contributed by atoms with Crippen LogP contribution in [0.3, 0.4) is 0 Å². The van der Waals surface area contributed by atoms with Gasteiger partial charge in [0.25, 0.3) is 0 Å². The van der Waals surface area contributed by atoms with Gasteiger partial charge < -0.3 is 20.4 Å². The number of Topliss-reactive ketones (excluding diaryl/α,β-unsaturated/α-hetero) is 1. The second-order valence-electron chi connectivity index (χ2n) is 15.7. The summed E-state index contributed by atoms with van der Waals surface area (Å²) in [6.45, 7) is 15.0. The van der Waals surface area contributed by atoms with Crippen LogP contribution in [0, 0.1) is 56.2 Å². The molecule has 5 saturated carbocycles. The maximum absolute atomic E-state index is 14.4. The van der Waals surface area contributed by atoms with E-state index in [0.717, 1.165) is 19.3 Å². The summed E-state index contributed by atoms with van der Waals surface area (Å²) in [6.07, 6.45) is 2.49. The fraction of sp³-hybridized carbons (Fsp3) is 0.933. The zero-order valence-corrected chi connectivity index (χ0v) is 23.3. The van der Waals surface area contributed by atoms with Crippen LogP contribution in [0.5, 0.6) is 0 Å². The Hall–Kier alpha value is -0.980. The number of aliphatic hydroxyl groups excluding tert-OH is 3. The fourth-order valence-corrected chi connectivity index (χ4v) is 11.3. The van der Waals surface area contributed by atoms with Crippen LogP contribution in [0.15, 0.2) is 0 Å². The highest BCUT2D eigenvalue weighted by atomic mass is 16.4. The van der Waals surface area contributed by atoms with Crippen LogP contribution >= 0.6 is 0 Å². The molecule has 4 N–H and O–H groups in total. The van der Waals surface area contributed by atoms with Gasteiger partial charge in [0, 0.05) is 11.8 Å². The van der Waals surface area contributed by atoms with Crippen molar-refractivity contribution < 1.29 is 30.0 Å². The molecule has 5 fully saturated rings. The van der Waals surface area contributed by atoms with Crippen molar-refractivity contribution in [2.75, 3.05) is 0 Å². The summed E-state index contributed by atoms with van der Waals surface area (Å²) in [5, 5.41) is 44.3. The smallest absolute Gasteiger partial charge is 0.309 e. The Balaban J connectivity index is 1.65. The molecule has 11 atom stereocenters. The molecule has 0 aromatic heterocycles. The van der Waals surface area contributed by atoms with Crippen molar-refractivity contribution in [3.8, 4) is 0 Å². The SMILES string of the molecule is CC1(C)CC[C@]2(C(=O)O)CC[C@]3(C)C(C(O)C(=O)C4[C@@]5(C)C[C@H](O)[C@H](O)C(C)(C)C5CC[C@]43C)C2C1. The van der Waals surface area contributed by atoms with Crippen molar-refractivity contribution >= 4 is 11.8 Å². The number of rotatable bonds is 1. The van der Waals surface area contributed by atoms with E-state index in [1.165, 1.54) is 0 Å². The standard InChI is InChI=1S/C30H48O6/c1-25(2)10-12-30(24(35)36)13-11-28(6)19(16(30)14-25)20(32)21(33)22-27(5)15-17(31)23(34)26(3,4)18(27)8-9-29(22,28)7/h16-20,22-23,31-32,34H,8-15H2,1-7H3,(H,35,36)/t16?,17-,18?,19?,20?,22?,23-,27-,28+,29+,30-/m0/s1. The van der Waals surface area contributed by atoms with Gasteiger partial charge in [0.2, 0.25) is 0 Å². The molecule has 6 heteroatoms. The van der Waals surface area contributed by atoms with Crippen LogP contribution in [0.4, 0.5) is 0 Å². The van der Waals surface area contributed by atoms with E-state index in [9.17, 15) is 30.0 Å². The van der Waals surface area contributed by atoms with Crippen molar-refractivity contribution in [2.45, 2.75) is 118 Å². The Bertz CT molecular complexity index is 972. The van der Waals surface area contributed by atoms with Gasteiger partial charge in [0.1, 0.15) is 6.10 Å². The molecule has 0 aromatic carbocycles. The molecule has 0 radical (unpaired) electrons. The van der Waals surface area contributed by atoms with E-state index in [1.54, 1.807) is 0 Å². The Morgan fingerprint density at radius 1 is 0.833 bits per heavy atom. The fourth-order valence-electron chi connectivity index (χ4n) is 11.3. The Labute approximate surface area is 216 Å². The zero-order chi connectivity index (χ0) is 26.9. The van der Waals surface area contributed by atoms with Crippen LogP contribution in [0.1, 0.15) is 99.8 Å². The Morgan fingerprint density at radius 2 is 1.44 bits per heavy atom. The number of hydrogen-bond acceptors (Lipinski definition) is 5. The van der Waals surface area contributed by atoms with Gasteiger partial charge in [0.15, 0.2) is 5.78 Å². The first-order valence-corrected chi connectivity index (χ1v) is 14.2. The van der Waals surface area contributed by atoms with Crippen molar-refractivity contribution in [2.24, 2.45) is 56.2 Å². The molecule has 0 spiro atoms. The van der Waals surface area contributed by atoms with E-state index in [2.05, 4.69) is 34.6 Å². The van der Waals surface area contributed by atoms with E-state index in [1.807, 2.05) is 13.8 Å². The van der Waals surface area contributed by atoms with E-state index in [-0.39, 0.29) is 34.4 Å². The average molecular weight is 505 g/mol. The Kier molecular flexibility index (Phi) is 5.59. The van der Waals surface area contributed by atoms with E-state index >= 15 is 0 Å². The molecule has 0 aromatic rings. The zero-order valence-electron chi connectivity index (χ0n) is 23.3. The van der Waals surface area contributed by atoms with Crippen LogP contribution in [0.25, 0.3) is 0 Å². The third-order valence-corrected chi connectivity index (χ3v) is 13.4. The highest BCUT2D eigenvalue weighted by molar-refractivity contribution is 5.89. The second-order valence-corrected chi connectivity index (χ2v) is 15.7. The van der Waals surface area contributed by atoms with Gasteiger partial charge in [-0.2, -0.15) is 0 Å². The normalized spacial score (nSPS) is 55.5. The Morgan fingerprint density at radius 3 is 2.06 bits per heavy atom. The molecule has 5 unspecified atom stereocenters. The van der Waals surface area contributed by atoms with Gasteiger partial charge in [-0.05, 0) is 90.3 Å². The molecular weight excluding hydrogens is 456 g/mol. The number of carbonyl (C=O) groups is 2. The lowest BCUT2D eigenvalue weighted by atomic mass is 9.30. The summed E-state index contributed by atoms with van der Waals surface area (Å²) in [6, 6.07) is 0. The van der Waals surface area contributed by atoms with Gasteiger partial charge >= 0.3 is 5.97 Å². The van der Waals surface area contributed by atoms with Crippen molar-refractivity contribution in [3.05, 3.63) is 0 Å². The molecule has 6 nitrogen and oxygen atoms in total. The molecule has 0 bridgehead atoms. The minimum absolute atomic E-state index is 0.0281. The largest absolute Gasteiger partial charge is 0.481 e. The van der Waals surface area contributed by atoms with Gasteiger partial charge in [-0.3, -0.25) is 9.59 Å². The number of carboxylic acid groups (broad SMARTS) is 1. The molecule has 36 heavy (non-hydrogen) atoms. The maximum Gasteiger partial charge on any atom is 0.309 e. The number of aliphatic carboxylic acids is 1. The number of fused-ring (bicyclic) bond motifs is 7. The highest BCUT2D eigenvalue weighted by Gasteiger charge is 2.75. The first-order chi connectivity index (χ1) is 16.4. The number of hydrogen-bond donors (Lipinski definition) is 4. The lowest BCUT2D eigenvalue weighted by molar-refractivity contribution is -0.271. The lowest BCUT2D eigenvalue weighted by Gasteiger charge is -2.73. The second kappa shape index (κ2) is 7.57. The molecular formula is C30H48O6. The monoisotopic (exact) mass is 504 g/mol. The van der Waals surface area contributed by atoms with Crippen LogP contribution in [-0.2, 0) is 9.59 Å². The molecule has 0 amide bonds. The predicted octanol–water partition coefficient (Wildman–Crippen LogP) is 4.43. The third kappa shape index (κ3) is 3.01. The van der Waals surface area contributed by atoms with Gasteiger partial charge in [-0.15, -0.1) is 0 Å². The van der Waals surface area contributed by atoms with E-state index in [4.69, 9.17) is 0 Å². The van der Waals surface area contributed by atoms with Gasteiger partial charge in [-0.1, -0.05) is 48.5 Å². The number of ketones is 1. The minimum atomic E-state index is -1.20.